The van der Waals surface area contributed by atoms with Gasteiger partial charge in [0.1, 0.15) is 0 Å². The fourth-order valence-corrected chi connectivity index (χ4v) is 6.31. The predicted molar refractivity (Wildman–Crippen MR) is 112 cm³/mol. The van der Waals surface area contributed by atoms with Crippen LogP contribution in [-0.4, -0.2) is 29.7 Å². The van der Waals surface area contributed by atoms with Gasteiger partial charge >= 0.3 is 0 Å². The van der Waals surface area contributed by atoms with Crippen molar-refractivity contribution in [3.63, 3.8) is 0 Å². The molecule has 168 valence electrons. The van der Waals surface area contributed by atoms with Crippen molar-refractivity contribution < 1.29 is 23.4 Å². The largest absolute Gasteiger partial charge is 0.389 e. The van der Waals surface area contributed by atoms with Crippen molar-refractivity contribution in [2.75, 3.05) is 13.2 Å². The lowest BCUT2D eigenvalue weighted by Crippen LogP contribution is -2.58. The van der Waals surface area contributed by atoms with Crippen molar-refractivity contribution >= 4 is 0 Å². The molecule has 4 rings (SSSR count). The molecular formula is C25H36F2O3. The molecule has 5 heteroatoms. The molecule has 3 nitrogen and oxygen atoms in total. The van der Waals surface area contributed by atoms with Gasteiger partial charge in [-0.1, -0.05) is 44.7 Å². The summed E-state index contributed by atoms with van der Waals surface area (Å²) in [6.07, 6.45) is 10.4. The summed E-state index contributed by atoms with van der Waals surface area (Å²) in [6.45, 7) is 3.38. The molecule has 3 fully saturated rings. The predicted octanol–water partition coefficient (Wildman–Crippen LogP) is 6.02. The van der Waals surface area contributed by atoms with Gasteiger partial charge in [0, 0.05) is 18.3 Å². The first kappa shape index (κ1) is 22.2. The van der Waals surface area contributed by atoms with Crippen LogP contribution in [-0.2, 0) is 14.9 Å². The van der Waals surface area contributed by atoms with E-state index in [1.165, 1.54) is 31.7 Å². The average molecular weight is 423 g/mol. The third kappa shape index (κ3) is 3.93. The Hall–Kier alpha value is -1.04. The number of aliphatic hydroxyl groups is 1. The third-order valence-corrected chi connectivity index (χ3v) is 8.19. The number of benzene rings is 1. The second-order valence-corrected chi connectivity index (χ2v) is 9.76. The molecule has 3 aliphatic rings. The molecule has 0 aromatic heterocycles. The molecule has 1 heterocycles. The first-order valence-electron chi connectivity index (χ1n) is 11.9. The minimum Gasteiger partial charge on any atom is -0.389 e. The maximum atomic E-state index is 15.1. The highest BCUT2D eigenvalue weighted by molar-refractivity contribution is 5.33. The van der Waals surface area contributed by atoms with Crippen LogP contribution in [0.4, 0.5) is 8.78 Å². The van der Waals surface area contributed by atoms with E-state index in [9.17, 15) is 9.50 Å². The van der Waals surface area contributed by atoms with E-state index in [0.29, 0.717) is 63.2 Å². The van der Waals surface area contributed by atoms with Gasteiger partial charge in [-0.25, -0.2) is 8.78 Å². The molecule has 30 heavy (non-hydrogen) atoms. The second-order valence-electron chi connectivity index (χ2n) is 9.76. The van der Waals surface area contributed by atoms with Crippen LogP contribution >= 0.6 is 0 Å². The molecule has 1 spiro atoms. The van der Waals surface area contributed by atoms with Gasteiger partial charge in [0.15, 0.2) is 17.4 Å². The fourth-order valence-electron chi connectivity index (χ4n) is 6.31. The maximum absolute atomic E-state index is 15.1. The van der Waals surface area contributed by atoms with Crippen LogP contribution < -0.4 is 0 Å². The Morgan fingerprint density at radius 1 is 0.967 bits per heavy atom. The molecule has 0 atom stereocenters. The lowest BCUT2D eigenvalue weighted by atomic mass is 9.54. The zero-order valence-electron chi connectivity index (χ0n) is 18.2. The molecule has 0 unspecified atom stereocenters. The molecule has 2 aliphatic carbocycles. The minimum absolute atomic E-state index is 0.362. The zero-order valence-corrected chi connectivity index (χ0v) is 18.2. The SMILES string of the molecule is CCCCCC1CCC(c2cccc(F)c2F)(C2(O)CCC3(CC2)OCCO3)CC1. The van der Waals surface area contributed by atoms with E-state index < -0.39 is 28.4 Å². The van der Waals surface area contributed by atoms with E-state index in [1.54, 1.807) is 12.1 Å². The first-order chi connectivity index (χ1) is 14.4. The number of hydrogen-bond donors (Lipinski definition) is 1. The van der Waals surface area contributed by atoms with Crippen molar-refractivity contribution in [1.82, 2.24) is 0 Å². The van der Waals surface area contributed by atoms with Crippen LogP contribution in [0.5, 0.6) is 0 Å². The lowest BCUT2D eigenvalue weighted by molar-refractivity contribution is -0.216. The van der Waals surface area contributed by atoms with Gasteiger partial charge in [-0.3, -0.25) is 0 Å². The van der Waals surface area contributed by atoms with Gasteiger partial charge in [0.05, 0.1) is 18.8 Å². The van der Waals surface area contributed by atoms with Crippen molar-refractivity contribution in [2.24, 2.45) is 5.92 Å². The molecule has 1 aromatic carbocycles. The van der Waals surface area contributed by atoms with Crippen LogP contribution in [0.3, 0.4) is 0 Å². The number of hydrogen-bond acceptors (Lipinski definition) is 3. The summed E-state index contributed by atoms with van der Waals surface area (Å²) in [6, 6.07) is 4.45. The summed E-state index contributed by atoms with van der Waals surface area (Å²) in [5, 5.41) is 12.0. The Bertz CT molecular complexity index is 711. The lowest BCUT2D eigenvalue weighted by Gasteiger charge is -2.55. The Kier molecular flexibility index (Phi) is 6.53. The Balaban J connectivity index is 1.60. The van der Waals surface area contributed by atoms with Crippen LogP contribution in [0.15, 0.2) is 18.2 Å². The van der Waals surface area contributed by atoms with Gasteiger partial charge in [0.25, 0.3) is 0 Å². The minimum atomic E-state index is -1.07. The highest BCUT2D eigenvalue weighted by Gasteiger charge is 2.57. The standard InChI is InChI=1S/C25H36F2O3/c1-2-3-4-6-19-9-11-23(12-10-19,20-7-5-8-21(26)22(20)27)24(28)13-15-25(16-14-24)29-17-18-30-25/h5,7-8,19,28H,2-4,6,9-18H2,1H3. The molecular weight excluding hydrogens is 386 g/mol. The molecule has 0 bridgehead atoms. The van der Waals surface area contributed by atoms with E-state index in [-0.39, 0.29) is 0 Å². The summed E-state index contributed by atoms with van der Waals surface area (Å²) >= 11 is 0. The maximum Gasteiger partial charge on any atom is 0.168 e. The Morgan fingerprint density at radius 3 is 2.27 bits per heavy atom. The molecule has 1 saturated heterocycles. The second kappa shape index (κ2) is 8.84. The van der Waals surface area contributed by atoms with Crippen LogP contribution in [0.25, 0.3) is 0 Å². The monoisotopic (exact) mass is 422 g/mol. The van der Waals surface area contributed by atoms with Crippen LogP contribution in [0.2, 0.25) is 0 Å². The van der Waals surface area contributed by atoms with Crippen molar-refractivity contribution in [3.05, 3.63) is 35.4 Å². The van der Waals surface area contributed by atoms with Gasteiger partial charge in [0.2, 0.25) is 0 Å². The van der Waals surface area contributed by atoms with E-state index in [4.69, 9.17) is 9.47 Å². The molecule has 1 aromatic rings. The molecule has 1 N–H and O–H groups in total. The van der Waals surface area contributed by atoms with Gasteiger partial charge < -0.3 is 14.6 Å². The summed E-state index contributed by atoms with van der Waals surface area (Å²) in [4.78, 5) is 0. The topological polar surface area (TPSA) is 38.7 Å². The molecule has 0 amide bonds. The summed E-state index contributed by atoms with van der Waals surface area (Å²) in [7, 11) is 0. The third-order valence-electron chi connectivity index (χ3n) is 8.19. The number of unbranched alkanes of at least 4 members (excludes halogenated alkanes) is 2. The first-order valence-corrected chi connectivity index (χ1v) is 11.9. The summed E-state index contributed by atoms with van der Waals surface area (Å²) in [5.74, 6) is -1.59. The number of halogens is 2. The Labute approximate surface area is 179 Å². The number of ether oxygens (including phenoxy) is 2. The molecule has 2 saturated carbocycles. The van der Waals surface area contributed by atoms with Crippen LogP contribution in [0.1, 0.15) is 89.5 Å². The van der Waals surface area contributed by atoms with E-state index in [1.807, 2.05) is 0 Å². The van der Waals surface area contributed by atoms with E-state index in [0.717, 1.165) is 12.8 Å². The average Bonchev–Trinajstić information content (AvgIpc) is 3.22. The fraction of sp³-hybridized carbons (Fsp3) is 0.760. The number of rotatable bonds is 6. The summed E-state index contributed by atoms with van der Waals surface area (Å²) in [5.41, 5.74) is -1.46. The van der Waals surface area contributed by atoms with Gasteiger partial charge in [-0.05, 0) is 56.1 Å². The van der Waals surface area contributed by atoms with Crippen LogP contribution in [0, 0.1) is 17.6 Å². The van der Waals surface area contributed by atoms with E-state index in [2.05, 4.69) is 6.92 Å². The Morgan fingerprint density at radius 2 is 1.63 bits per heavy atom. The smallest absolute Gasteiger partial charge is 0.168 e. The highest BCUT2D eigenvalue weighted by Crippen LogP contribution is 2.56. The van der Waals surface area contributed by atoms with Crippen molar-refractivity contribution in [2.45, 2.75) is 101 Å². The highest BCUT2D eigenvalue weighted by atomic mass is 19.2. The van der Waals surface area contributed by atoms with Gasteiger partial charge in [-0.15, -0.1) is 0 Å². The molecule has 1 aliphatic heterocycles. The van der Waals surface area contributed by atoms with Gasteiger partial charge in [-0.2, -0.15) is 0 Å². The van der Waals surface area contributed by atoms with E-state index >= 15 is 4.39 Å². The molecule has 0 radical (unpaired) electrons. The summed E-state index contributed by atoms with van der Waals surface area (Å²) < 4.78 is 41.0. The van der Waals surface area contributed by atoms with Crippen molar-refractivity contribution in [1.29, 1.82) is 0 Å². The quantitative estimate of drug-likeness (QED) is 0.570. The van der Waals surface area contributed by atoms with Crippen molar-refractivity contribution in [3.8, 4) is 0 Å². The zero-order chi connectivity index (χ0) is 21.2. The normalized spacial score (nSPS) is 30.6.